The first-order valence-corrected chi connectivity index (χ1v) is 11.3. The van der Waals surface area contributed by atoms with E-state index < -0.39 is 0 Å². The van der Waals surface area contributed by atoms with Crippen LogP contribution in [0.1, 0.15) is 92.9 Å². The Morgan fingerprint density at radius 3 is 1.85 bits per heavy atom. The van der Waals surface area contributed by atoms with Gasteiger partial charge in [-0.15, -0.1) is 0 Å². The van der Waals surface area contributed by atoms with Crippen LogP contribution in [0.25, 0.3) is 0 Å². The fraction of sp³-hybridized carbons (Fsp3) is 0.833. The normalized spacial score (nSPS) is 19.8. The van der Waals surface area contributed by atoms with Gasteiger partial charge in [-0.1, -0.05) is 66.2 Å². The van der Waals surface area contributed by atoms with Crippen LogP contribution in [0.15, 0.2) is 23.5 Å². The second-order valence-electron chi connectivity index (χ2n) is 8.47. The first kappa shape index (κ1) is 23.1. The van der Waals surface area contributed by atoms with Crippen molar-refractivity contribution in [1.29, 1.82) is 0 Å². The molecule has 1 aliphatic rings. The summed E-state index contributed by atoms with van der Waals surface area (Å²) >= 11 is 0. The number of likely N-dealkylation sites (N-methyl/N-ethyl adjacent to an activating group) is 1. The summed E-state index contributed by atoms with van der Waals surface area (Å²) in [4.78, 5) is 5.12. The maximum Gasteiger partial charge on any atom is 0.0461 e. The van der Waals surface area contributed by atoms with Gasteiger partial charge < -0.3 is 9.80 Å². The molecule has 0 saturated heterocycles. The molecule has 0 bridgehead atoms. The van der Waals surface area contributed by atoms with Gasteiger partial charge in [0.15, 0.2) is 0 Å². The number of hydrogen-bond acceptors (Lipinski definition) is 2. The molecular formula is C24H46N2. The predicted molar refractivity (Wildman–Crippen MR) is 117 cm³/mol. The van der Waals surface area contributed by atoms with E-state index in [1.54, 1.807) is 0 Å². The van der Waals surface area contributed by atoms with Crippen LogP contribution < -0.4 is 0 Å². The lowest BCUT2D eigenvalue weighted by Crippen LogP contribution is -2.37. The molecule has 2 nitrogen and oxygen atoms in total. The predicted octanol–water partition coefficient (Wildman–Crippen LogP) is 6.84. The third-order valence-electron chi connectivity index (χ3n) is 6.34. The Morgan fingerprint density at radius 1 is 0.962 bits per heavy atom. The van der Waals surface area contributed by atoms with Gasteiger partial charge in [0.05, 0.1) is 0 Å². The minimum atomic E-state index is 0.490. The first-order valence-electron chi connectivity index (χ1n) is 11.3. The number of allylic oxidation sites excluding steroid dienone is 2. The zero-order valence-electron chi connectivity index (χ0n) is 18.9. The third kappa shape index (κ3) is 7.37. The van der Waals surface area contributed by atoms with Crippen molar-refractivity contribution in [1.82, 2.24) is 9.80 Å². The van der Waals surface area contributed by atoms with Crippen LogP contribution in [-0.4, -0.2) is 36.0 Å². The first-order chi connectivity index (χ1) is 12.5. The van der Waals surface area contributed by atoms with Crippen molar-refractivity contribution in [2.75, 3.05) is 20.1 Å². The zero-order chi connectivity index (χ0) is 19.5. The minimum absolute atomic E-state index is 0.490. The van der Waals surface area contributed by atoms with Gasteiger partial charge >= 0.3 is 0 Å². The molecule has 0 N–H and O–H groups in total. The number of nitrogens with zero attached hydrogens (tertiary/aromatic N) is 2. The Kier molecular flexibility index (Phi) is 11.1. The van der Waals surface area contributed by atoms with Crippen molar-refractivity contribution < 1.29 is 0 Å². The van der Waals surface area contributed by atoms with Gasteiger partial charge in [0.25, 0.3) is 0 Å². The molecule has 3 atom stereocenters. The highest BCUT2D eigenvalue weighted by molar-refractivity contribution is 5.28. The van der Waals surface area contributed by atoms with E-state index >= 15 is 0 Å². The lowest BCUT2D eigenvalue weighted by atomic mass is 9.94. The summed E-state index contributed by atoms with van der Waals surface area (Å²) in [6.45, 7) is 16.4. The summed E-state index contributed by atoms with van der Waals surface area (Å²) in [5.41, 5.74) is 2.86. The smallest absolute Gasteiger partial charge is 0.0461 e. The summed E-state index contributed by atoms with van der Waals surface area (Å²) in [5, 5.41) is 0. The third-order valence-corrected chi connectivity index (χ3v) is 6.34. The van der Waals surface area contributed by atoms with Crippen molar-refractivity contribution in [3.05, 3.63) is 23.5 Å². The lowest BCUT2D eigenvalue weighted by molar-refractivity contribution is 0.222. The monoisotopic (exact) mass is 362 g/mol. The highest BCUT2D eigenvalue weighted by atomic mass is 15.2. The molecule has 26 heavy (non-hydrogen) atoms. The average Bonchev–Trinajstić information content (AvgIpc) is 2.64. The minimum Gasteiger partial charge on any atom is -0.372 e. The Bertz CT molecular complexity index is 419. The van der Waals surface area contributed by atoms with E-state index in [-0.39, 0.29) is 0 Å². The van der Waals surface area contributed by atoms with Gasteiger partial charge in [-0.05, 0) is 50.7 Å². The number of hydrogen-bond donors (Lipinski definition) is 0. The van der Waals surface area contributed by atoms with Gasteiger partial charge in [-0.3, -0.25) is 0 Å². The van der Waals surface area contributed by atoms with Crippen LogP contribution in [0.3, 0.4) is 0 Å². The van der Waals surface area contributed by atoms with Crippen molar-refractivity contribution in [3.63, 3.8) is 0 Å². The summed E-state index contributed by atoms with van der Waals surface area (Å²) in [6, 6.07) is 0.490. The van der Waals surface area contributed by atoms with E-state index in [9.17, 15) is 0 Å². The molecule has 0 spiro atoms. The molecule has 0 aromatic rings. The van der Waals surface area contributed by atoms with Gasteiger partial charge in [0.1, 0.15) is 0 Å². The SMILES string of the molecule is CCCCC(CC)CN(CC(CC)CCCC)C1=CC(C)N(C)C(C)=C1. The zero-order valence-corrected chi connectivity index (χ0v) is 18.9. The standard InChI is InChI=1S/C24H46N2/c1-8-12-14-22(10-3)18-26(19-23(11-4)15-13-9-2)24-16-20(5)25(7)21(6)17-24/h16-17,20,22-23H,8-15,18-19H2,1-7H3. The van der Waals surface area contributed by atoms with Gasteiger partial charge in [0, 0.05) is 37.6 Å². The van der Waals surface area contributed by atoms with Crippen LogP contribution in [0, 0.1) is 11.8 Å². The topological polar surface area (TPSA) is 6.48 Å². The molecule has 0 aromatic carbocycles. The molecule has 3 unspecified atom stereocenters. The quantitative estimate of drug-likeness (QED) is 0.354. The van der Waals surface area contributed by atoms with Crippen LogP contribution in [0.5, 0.6) is 0 Å². The van der Waals surface area contributed by atoms with E-state index in [0.717, 1.165) is 11.8 Å². The Morgan fingerprint density at radius 2 is 1.46 bits per heavy atom. The molecule has 1 aliphatic heterocycles. The Balaban J connectivity index is 2.95. The van der Waals surface area contributed by atoms with Crippen LogP contribution in [-0.2, 0) is 0 Å². The molecule has 0 amide bonds. The summed E-state index contributed by atoms with van der Waals surface area (Å²) in [6.07, 6.45) is 15.6. The molecule has 0 aliphatic carbocycles. The molecule has 0 aromatic heterocycles. The molecule has 2 heteroatoms. The van der Waals surface area contributed by atoms with E-state index in [1.807, 2.05) is 0 Å². The average molecular weight is 363 g/mol. The molecule has 1 rings (SSSR count). The highest BCUT2D eigenvalue weighted by Crippen LogP contribution is 2.26. The Labute approximate surface area is 164 Å². The van der Waals surface area contributed by atoms with Crippen molar-refractivity contribution in [2.45, 2.75) is 99.0 Å². The van der Waals surface area contributed by atoms with Crippen molar-refractivity contribution in [2.24, 2.45) is 11.8 Å². The number of rotatable bonds is 13. The van der Waals surface area contributed by atoms with E-state index in [1.165, 1.54) is 75.9 Å². The summed E-state index contributed by atoms with van der Waals surface area (Å²) in [7, 11) is 2.21. The maximum atomic E-state index is 2.74. The van der Waals surface area contributed by atoms with Crippen LogP contribution >= 0.6 is 0 Å². The highest BCUT2D eigenvalue weighted by Gasteiger charge is 2.22. The maximum absolute atomic E-state index is 2.74. The molecular weight excluding hydrogens is 316 g/mol. The molecule has 1 heterocycles. The summed E-state index contributed by atoms with van der Waals surface area (Å²) < 4.78 is 0. The van der Waals surface area contributed by atoms with E-state index in [4.69, 9.17) is 0 Å². The van der Waals surface area contributed by atoms with E-state index in [2.05, 4.69) is 70.5 Å². The second-order valence-corrected chi connectivity index (χ2v) is 8.47. The second kappa shape index (κ2) is 12.5. The number of unbranched alkanes of at least 4 members (excludes halogenated alkanes) is 2. The van der Waals surface area contributed by atoms with Gasteiger partial charge in [0.2, 0.25) is 0 Å². The fourth-order valence-electron chi connectivity index (χ4n) is 3.98. The lowest BCUT2D eigenvalue weighted by Gasteiger charge is -2.38. The van der Waals surface area contributed by atoms with Crippen LogP contribution in [0.4, 0.5) is 0 Å². The van der Waals surface area contributed by atoms with Crippen molar-refractivity contribution >= 4 is 0 Å². The van der Waals surface area contributed by atoms with Gasteiger partial charge in [-0.2, -0.15) is 0 Å². The molecule has 0 saturated carbocycles. The van der Waals surface area contributed by atoms with Crippen molar-refractivity contribution in [3.8, 4) is 0 Å². The Hall–Kier alpha value is -0.920. The molecule has 152 valence electrons. The van der Waals surface area contributed by atoms with Crippen LogP contribution in [0.2, 0.25) is 0 Å². The van der Waals surface area contributed by atoms with E-state index in [0.29, 0.717) is 6.04 Å². The summed E-state index contributed by atoms with van der Waals surface area (Å²) in [5.74, 6) is 1.64. The fourth-order valence-corrected chi connectivity index (χ4v) is 3.98. The molecule has 0 fully saturated rings. The largest absolute Gasteiger partial charge is 0.372 e. The molecule has 0 radical (unpaired) electrons. The van der Waals surface area contributed by atoms with Gasteiger partial charge in [-0.25, -0.2) is 0 Å².